The second-order valence-corrected chi connectivity index (χ2v) is 6.47. The summed E-state index contributed by atoms with van der Waals surface area (Å²) in [5.41, 5.74) is 5.42. The largest absolute Gasteiger partial charge is 0.0786 e. The zero-order valence-electron chi connectivity index (χ0n) is 11.9. The monoisotopic (exact) mass is 316 g/mol. The molecule has 0 saturated carbocycles. The van der Waals surface area contributed by atoms with Crippen LogP contribution in [0, 0.1) is 12.8 Å². The Hall–Kier alpha value is -1.08. The number of aryl methyl sites for hydroxylation is 1. The number of alkyl halides is 1. The van der Waals surface area contributed by atoms with Gasteiger partial charge in [-0.3, -0.25) is 0 Å². The van der Waals surface area contributed by atoms with Crippen molar-refractivity contribution in [3.8, 4) is 0 Å². The van der Waals surface area contributed by atoms with Crippen LogP contribution in [0.2, 0.25) is 0 Å². The number of benzene rings is 2. The Morgan fingerprint density at radius 3 is 2.16 bits per heavy atom. The van der Waals surface area contributed by atoms with Crippen molar-refractivity contribution >= 4 is 15.9 Å². The normalized spacial score (nSPS) is 12.7. The van der Waals surface area contributed by atoms with Crippen LogP contribution in [0.1, 0.15) is 40.9 Å². The van der Waals surface area contributed by atoms with E-state index in [4.69, 9.17) is 0 Å². The summed E-state index contributed by atoms with van der Waals surface area (Å²) in [5.74, 6) is 0.710. The summed E-state index contributed by atoms with van der Waals surface area (Å²) in [7, 11) is 0. The third kappa shape index (κ3) is 3.70. The molecule has 1 atom stereocenters. The molecular formula is C18H21Br. The van der Waals surface area contributed by atoms with Crippen LogP contribution in [0.15, 0.2) is 48.5 Å². The van der Waals surface area contributed by atoms with Crippen LogP contribution in [-0.4, -0.2) is 0 Å². The minimum absolute atomic E-state index is 0.279. The quantitative estimate of drug-likeness (QED) is 0.637. The predicted octanol–water partition coefficient (Wildman–Crippen LogP) is 5.68. The van der Waals surface area contributed by atoms with E-state index in [1.807, 2.05) is 0 Å². The average molecular weight is 317 g/mol. The van der Waals surface area contributed by atoms with Gasteiger partial charge in [-0.2, -0.15) is 0 Å². The van der Waals surface area contributed by atoms with E-state index in [9.17, 15) is 0 Å². The second kappa shape index (κ2) is 6.38. The Bertz CT molecular complexity index is 526. The Morgan fingerprint density at radius 1 is 0.947 bits per heavy atom. The van der Waals surface area contributed by atoms with Crippen LogP contribution < -0.4 is 0 Å². The lowest BCUT2D eigenvalue weighted by atomic mass is 9.97. The molecule has 0 spiro atoms. The van der Waals surface area contributed by atoms with Crippen molar-refractivity contribution in [1.82, 2.24) is 0 Å². The molecule has 0 radical (unpaired) electrons. The van der Waals surface area contributed by atoms with E-state index >= 15 is 0 Å². The molecule has 0 aliphatic heterocycles. The van der Waals surface area contributed by atoms with E-state index in [2.05, 4.69) is 85.2 Å². The molecule has 0 heterocycles. The van der Waals surface area contributed by atoms with E-state index in [-0.39, 0.29) is 4.83 Å². The molecule has 0 N–H and O–H groups in total. The first-order valence-electron chi connectivity index (χ1n) is 6.86. The fraction of sp³-hybridized carbons (Fsp3) is 0.333. The van der Waals surface area contributed by atoms with Crippen molar-refractivity contribution in [2.24, 2.45) is 5.92 Å². The molecule has 19 heavy (non-hydrogen) atoms. The molecule has 0 nitrogen and oxygen atoms in total. The minimum Gasteiger partial charge on any atom is -0.0786 e. The standard InChI is InChI=1S/C18H21Br/c1-13(2)12-15-8-10-16(11-9-15)18(19)17-7-5-4-6-14(17)3/h4-11,13,18H,12H2,1-3H3. The fourth-order valence-electron chi connectivity index (χ4n) is 2.34. The van der Waals surface area contributed by atoms with Crippen molar-refractivity contribution < 1.29 is 0 Å². The smallest absolute Gasteiger partial charge is 0.0647 e. The van der Waals surface area contributed by atoms with Gasteiger partial charge in [-0.15, -0.1) is 0 Å². The average Bonchev–Trinajstić information content (AvgIpc) is 2.39. The zero-order chi connectivity index (χ0) is 13.8. The third-order valence-electron chi connectivity index (χ3n) is 3.38. The topological polar surface area (TPSA) is 0 Å². The van der Waals surface area contributed by atoms with Gasteiger partial charge >= 0.3 is 0 Å². The molecule has 0 aliphatic rings. The first-order chi connectivity index (χ1) is 9.08. The maximum atomic E-state index is 3.82. The van der Waals surface area contributed by atoms with Gasteiger partial charge in [-0.25, -0.2) is 0 Å². The highest BCUT2D eigenvalue weighted by molar-refractivity contribution is 9.09. The highest BCUT2D eigenvalue weighted by Crippen LogP contribution is 2.32. The van der Waals surface area contributed by atoms with E-state index in [0.29, 0.717) is 5.92 Å². The summed E-state index contributed by atoms with van der Waals surface area (Å²) < 4.78 is 0. The molecule has 0 aliphatic carbocycles. The molecule has 0 amide bonds. The number of halogens is 1. The zero-order valence-corrected chi connectivity index (χ0v) is 13.4. The first kappa shape index (κ1) is 14.3. The summed E-state index contributed by atoms with van der Waals surface area (Å²) in [5, 5.41) is 0. The molecule has 2 aromatic rings. The number of hydrogen-bond donors (Lipinski definition) is 0. The van der Waals surface area contributed by atoms with Gasteiger partial charge < -0.3 is 0 Å². The lowest BCUT2D eigenvalue weighted by Gasteiger charge is -2.14. The summed E-state index contributed by atoms with van der Waals surface area (Å²) in [4.78, 5) is 0.279. The predicted molar refractivity (Wildman–Crippen MR) is 86.9 cm³/mol. The fourth-order valence-corrected chi connectivity index (χ4v) is 3.16. The van der Waals surface area contributed by atoms with Crippen molar-refractivity contribution in [3.05, 3.63) is 70.8 Å². The van der Waals surface area contributed by atoms with Crippen molar-refractivity contribution in [1.29, 1.82) is 0 Å². The molecule has 0 aromatic heterocycles. The second-order valence-electron chi connectivity index (χ2n) is 5.56. The molecule has 0 saturated heterocycles. The summed E-state index contributed by atoms with van der Waals surface area (Å²) in [6.45, 7) is 6.68. The first-order valence-corrected chi connectivity index (χ1v) is 7.78. The number of rotatable bonds is 4. The molecular weight excluding hydrogens is 296 g/mol. The van der Waals surface area contributed by atoms with Crippen molar-refractivity contribution in [2.75, 3.05) is 0 Å². The lowest BCUT2D eigenvalue weighted by Crippen LogP contribution is -1.97. The summed E-state index contributed by atoms with van der Waals surface area (Å²) in [6, 6.07) is 17.5. The van der Waals surface area contributed by atoms with Gasteiger partial charge in [0.1, 0.15) is 0 Å². The van der Waals surface area contributed by atoms with E-state index in [1.165, 1.54) is 22.3 Å². The van der Waals surface area contributed by atoms with E-state index in [1.54, 1.807) is 0 Å². The maximum Gasteiger partial charge on any atom is 0.0647 e. The summed E-state index contributed by atoms with van der Waals surface area (Å²) in [6.07, 6.45) is 1.15. The molecule has 1 unspecified atom stereocenters. The number of hydrogen-bond acceptors (Lipinski definition) is 0. The van der Waals surface area contributed by atoms with Gasteiger partial charge in [-0.1, -0.05) is 78.3 Å². The van der Waals surface area contributed by atoms with Gasteiger partial charge in [0.15, 0.2) is 0 Å². The van der Waals surface area contributed by atoms with Crippen LogP contribution in [0.25, 0.3) is 0 Å². The SMILES string of the molecule is Cc1ccccc1C(Br)c1ccc(CC(C)C)cc1. The van der Waals surface area contributed by atoms with Crippen molar-refractivity contribution in [2.45, 2.75) is 32.0 Å². The van der Waals surface area contributed by atoms with Gasteiger partial charge in [0, 0.05) is 0 Å². The minimum atomic E-state index is 0.279. The van der Waals surface area contributed by atoms with Gasteiger partial charge in [-0.05, 0) is 41.5 Å². The summed E-state index contributed by atoms with van der Waals surface area (Å²) >= 11 is 3.82. The lowest BCUT2D eigenvalue weighted by molar-refractivity contribution is 0.647. The molecule has 1 heteroatoms. The molecule has 0 bridgehead atoms. The van der Waals surface area contributed by atoms with Crippen molar-refractivity contribution in [3.63, 3.8) is 0 Å². The Morgan fingerprint density at radius 2 is 1.58 bits per heavy atom. The van der Waals surface area contributed by atoms with Gasteiger partial charge in [0.2, 0.25) is 0 Å². The Labute approximate surface area is 125 Å². The van der Waals surface area contributed by atoms with Crippen LogP contribution in [0.3, 0.4) is 0 Å². The molecule has 0 fully saturated rings. The Kier molecular flexibility index (Phi) is 4.81. The molecule has 100 valence electrons. The maximum absolute atomic E-state index is 3.82. The highest BCUT2D eigenvalue weighted by atomic mass is 79.9. The van der Waals surface area contributed by atoms with Crippen LogP contribution in [0.5, 0.6) is 0 Å². The van der Waals surface area contributed by atoms with Gasteiger partial charge in [0.05, 0.1) is 4.83 Å². The van der Waals surface area contributed by atoms with Crippen LogP contribution in [-0.2, 0) is 6.42 Å². The highest BCUT2D eigenvalue weighted by Gasteiger charge is 2.12. The molecule has 2 aromatic carbocycles. The van der Waals surface area contributed by atoms with E-state index in [0.717, 1.165) is 6.42 Å². The van der Waals surface area contributed by atoms with Crippen LogP contribution >= 0.6 is 15.9 Å². The van der Waals surface area contributed by atoms with E-state index < -0.39 is 0 Å². The Balaban J connectivity index is 2.20. The third-order valence-corrected chi connectivity index (χ3v) is 4.40. The van der Waals surface area contributed by atoms with Crippen LogP contribution in [0.4, 0.5) is 0 Å². The van der Waals surface area contributed by atoms with Gasteiger partial charge in [0.25, 0.3) is 0 Å². The molecule has 2 rings (SSSR count).